The average molecular weight is 256 g/mol. The summed E-state index contributed by atoms with van der Waals surface area (Å²) in [5, 5.41) is 8.78. The van der Waals surface area contributed by atoms with Gasteiger partial charge in [0.25, 0.3) is 5.56 Å². The van der Waals surface area contributed by atoms with Crippen LogP contribution in [0.15, 0.2) is 35.1 Å². The molecule has 0 unspecified atom stereocenters. The second-order valence-electron chi connectivity index (χ2n) is 4.03. The monoisotopic (exact) mass is 256 g/mol. The molecule has 0 aliphatic heterocycles. The molecule has 19 heavy (non-hydrogen) atoms. The van der Waals surface area contributed by atoms with Crippen LogP contribution in [0.25, 0.3) is 12.2 Å². The van der Waals surface area contributed by atoms with Crippen LogP contribution in [0.3, 0.4) is 0 Å². The Morgan fingerprint density at radius 2 is 1.95 bits per heavy atom. The van der Waals surface area contributed by atoms with Crippen molar-refractivity contribution in [1.29, 1.82) is 0 Å². The van der Waals surface area contributed by atoms with E-state index in [1.54, 1.807) is 31.2 Å². The van der Waals surface area contributed by atoms with Crippen molar-refractivity contribution in [3.8, 4) is 0 Å². The number of aryl methyl sites for hydroxylation is 1. The molecule has 0 saturated carbocycles. The molecule has 0 spiro atoms. The van der Waals surface area contributed by atoms with Gasteiger partial charge in [0.2, 0.25) is 0 Å². The van der Waals surface area contributed by atoms with E-state index in [0.29, 0.717) is 11.5 Å². The first-order valence-electron chi connectivity index (χ1n) is 5.64. The highest BCUT2D eigenvalue weighted by molar-refractivity contribution is 5.88. The molecular weight excluding hydrogens is 244 g/mol. The lowest BCUT2D eigenvalue weighted by molar-refractivity contribution is 0.0697. The van der Waals surface area contributed by atoms with Gasteiger partial charge in [0, 0.05) is 11.8 Å². The van der Waals surface area contributed by atoms with Crippen molar-refractivity contribution in [3.05, 3.63) is 63.3 Å². The normalized spacial score (nSPS) is 10.8. The Balaban J connectivity index is 2.22. The van der Waals surface area contributed by atoms with Crippen molar-refractivity contribution >= 4 is 18.1 Å². The number of aromatic carboxylic acids is 1. The lowest BCUT2D eigenvalue weighted by Crippen LogP contribution is -2.08. The summed E-state index contributed by atoms with van der Waals surface area (Å²) < 4.78 is 0. The molecule has 96 valence electrons. The van der Waals surface area contributed by atoms with Crippen molar-refractivity contribution in [2.75, 3.05) is 0 Å². The number of nitrogens with one attached hydrogen (secondary N) is 1. The lowest BCUT2D eigenvalue weighted by atomic mass is 10.1. The zero-order valence-electron chi connectivity index (χ0n) is 10.3. The van der Waals surface area contributed by atoms with E-state index in [4.69, 9.17) is 5.11 Å². The van der Waals surface area contributed by atoms with Crippen molar-refractivity contribution in [2.45, 2.75) is 6.92 Å². The van der Waals surface area contributed by atoms with Crippen LogP contribution in [0, 0.1) is 6.92 Å². The maximum Gasteiger partial charge on any atom is 0.335 e. The number of hydrogen-bond donors (Lipinski definition) is 2. The fraction of sp³-hybridized carbons (Fsp3) is 0.0714. The summed E-state index contributed by atoms with van der Waals surface area (Å²) in [7, 11) is 0. The van der Waals surface area contributed by atoms with Gasteiger partial charge in [0.1, 0.15) is 5.82 Å². The molecule has 2 N–H and O–H groups in total. The van der Waals surface area contributed by atoms with Crippen LogP contribution in [-0.2, 0) is 0 Å². The van der Waals surface area contributed by atoms with Crippen LogP contribution in [0.2, 0.25) is 0 Å². The third-order valence-electron chi connectivity index (χ3n) is 2.48. The molecule has 5 heteroatoms. The minimum absolute atomic E-state index is 0.201. The van der Waals surface area contributed by atoms with E-state index in [0.717, 1.165) is 5.56 Å². The molecule has 2 rings (SSSR count). The van der Waals surface area contributed by atoms with Gasteiger partial charge in [-0.25, -0.2) is 9.78 Å². The highest BCUT2D eigenvalue weighted by Gasteiger charge is 2.00. The van der Waals surface area contributed by atoms with Gasteiger partial charge in [-0.2, -0.15) is 0 Å². The quantitative estimate of drug-likeness (QED) is 0.879. The molecular formula is C14H12N2O3. The first-order chi connectivity index (χ1) is 9.04. The number of hydrogen-bond acceptors (Lipinski definition) is 3. The molecule has 1 aromatic heterocycles. The van der Waals surface area contributed by atoms with E-state index in [1.165, 1.54) is 18.2 Å². The van der Waals surface area contributed by atoms with E-state index in [1.807, 2.05) is 0 Å². The molecule has 0 fully saturated rings. The summed E-state index contributed by atoms with van der Waals surface area (Å²) in [6.07, 6.45) is 3.42. The molecule has 0 atom stereocenters. The van der Waals surface area contributed by atoms with Gasteiger partial charge < -0.3 is 10.1 Å². The Hall–Kier alpha value is -2.69. The molecule has 2 aromatic rings. The first kappa shape index (κ1) is 12.8. The predicted octanol–water partition coefficient (Wildman–Crippen LogP) is 1.95. The summed E-state index contributed by atoms with van der Waals surface area (Å²) in [5.74, 6) is -0.493. The number of rotatable bonds is 3. The summed E-state index contributed by atoms with van der Waals surface area (Å²) in [4.78, 5) is 28.7. The van der Waals surface area contributed by atoms with Crippen LogP contribution in [0.1, 0.15) is 27.4 Å². The SMILES string of the molecule is Cc1cc(=O)[nH]c(/C=C/c2ccc(C(=O)O)cc2)n1. The predicted molar refractivity (Wildman–Crippen MR) is 71.9 cm³/mol. The van der Waals surface area contributed by atoms with E-state index in [2.05, 4.69) is 9.97 Å². The van der Waals surface area contributed by atoms with Gasteiger partial charge in [-0.15, -0.1) is 0 Å². The second kappa shape index (κ2) is 5.30. The van der Waals surface area contributed by atoms with Gasteiger partial charge >= 0.3 is 5.97 Å². The Bertz CT molecular complexity index is 685. The smallest absolute Gasteiger partial charge is 0.335 e. The summed E-state index contributed by atoms with van der Waals surface area (Å²) in [6.45, 7) is 1.74. The van der Waals surface area contributed by atoms with Gasteiger partial charge in [0.05, 0.1) is 5.56 Å². The Kier molecular flexibility index (Phi) is 3.56. The first-order valence-corrected chi connectivity index (χ1v) is 5.64. The average Bonchev–Trinajstić information content (AvgIpc) is 2.36. The highest BCUT2D eigenvalue weighted by atomic mass is 16.4. The van der Waals surface area contributed by atoms with Gasteiger partial charge in [-0.3, -0.25) is 4.79 Å². The van der Waals surface area contributed by atoms with E-state index in [-0.39, 0.29) is 11.1 Å². The van der Waals surface area contributed by atoms with Gasteiger partial charge in [-0.1, -0.05) is 18.2 Å². The number of carbonyl (C=O) groups is 1. The molecule has 5 nitrogen and oxygen atoms in total. The third kappa shape index (κ3) is 3.38. The maximum absolute atomic E-state index is 11.2. The maximum atomic E-state index is 11.2. The van der Waals surface area contributed by atoms with Crippen LogP contribution >= 0.6 is 0 Å². The molecule has 0 bridgehead atoms. The summed E-state index contributed by atoms with van der Waals surface area (Å²) in [5.41, 5.74) is 1.51. The van der Waals surface area contributed by atoms with Crippen molar-refractivity contribution in [2.24, 2.45) is 0 Å². The van der Waals surface area contributed by atoms with Crippen molar-refractivity contribution in [1.82, 2.24) is 9.97 Å². The van der Waals surface area contributed by atoms with Crippen LogP contribution in [0.5, 0.6) is 0 Å². The molecule has 0 radical (unpaired) electrons. The van der Waals surface area contributed by atoms with E-state index >= 15 is 0 Å². The molecule has 0 amide bonds. The van der Waals surface area contributed by atoms with E-state index < -0.39 is 5.97 Å². The van der Waals surface area contributed by atoms with Crippen LogP contribution in [-0.4, -0.2) is 21.0 Å². The number of benzene rings is 1. The number of aromatic nitrogens is 2. The topological polar surface area (TPSA) is 83.0 Å². The van der Waals surface area contributed by atoms with Crippen LogP contribution in [0.4, 0.5) is 0 Å². The fourth-order valence-electron chi connectivity index (χ4n) is 1.59. The minimum Gasteiger partial charge on any atom is -0.478 e. The second-order valence-corrected chi connectivity index (χ2v) is 4.03. The number of aromatic amines is 1. The van der Waals surface area contributed by atoms with Gasteiger partial charge in [0.15, 0.2) is 0 Å². The Morgan fingerprint density at radius 3 is 2.53 bits per heavy atom. The zero-order chi connectivity index (χ0) is 13.8. The number of carboxylic acid groups (broad SMARTS) is 1. The molecule has 1 aromatic carbocycles. The summed E-state index contributed by atoms with van der Waals surface area (Å²) >= 11 is 0. The minimum atomic E-state index is -0.958. The summed E-state index contributed by atoms with van der Waals surface area (Å²) in [6, 6.07) is 7.84. The van der Waals surface area contributed by atoms with E-state index in [9.17, 15) is 9.59 Å². The van der Waals surface area contributed by atoms with Crippen molar-refractivity contribution < 1.29 is 9.90 Å². The lowest BCUT2D eigenvalue weighted by Gasteiger charge is -1.97. The molecule has 1 heterocycles. The number of nitrogens with zero attached hydrogens (tertiary/aromatic N) is 1. The third-order valence-corrected chi connectivity index (χ3v) is 2.48. The Morgan fingerprint density at radius 1 is 1.26 bits per heavy atom. The Labute approximate surface area is 109 Å². The van der Waals surface area contributed by atoms with Crippen LogP contribution < -0.4 is 5.56 Å². The largest absolute Gasteiger partial charge is 0.478 e. The fourth-order valence-corrected chi connectivity index (χ4v) is 1.59. The highest BCUT2D eigenvalue weighted by Crippen LogP contribution is 2.07. The van der Waals surface area contributed by atoms with Gasteiger partial charge in [-0.05, 0) is 30.7 Å². The zero-order valence-corrected chi connectivity index (χ0v) is 10.3. The van der Waals surface area contributed by atoms with Crippen molar-refractivity contribution in [3.63, 3.8) is 0 Å². The molecule has 0 aliphatic carbocycles. The number of H-pyrrole nitrogens is 1. The molecule has 0 saturated heterocycles. The molecule has 0 aliphatic rings. The number of carboxylic acids is 1. The standard InChI is InChI=1S/C14H12N2O3/c1-9-8-13(17)16-12(15-9)7-4-10-2-5-11(6-3-10)14(18)19/h2-8H,1H3,(H,18,19)(H,15,16,17)/b7-4+.